The van der Waals surface area contributed by atoms with Crippen molar-refractivity contribution < 1.29 is 17.9 Å². The van der Waals surface area contributed by atoms with Crippen LogP contribution in [0.4, 0.5) is 19.0 Å². The Balaban J connectivity index is 2.19. The Labute approximate surface area is 176 Å². The molecule has 0 atom stereocenters. The van der Waals surface area contributed by atoms with E-state index in [9.17, 15) is 23.7 Å². The average molecular weight is 423 g/mol. The molecule has 2 heterocycles. The highest BCUT2D eigenvalue weighted by Gasteiger charge is 2.30. The van der Waals surface area contributed by atoms with Crippen molar-refractivity contribution >= 4 is 5.82 Å². The molecule has 6 nitrogen and oxygen atoms in total. The van der Waals surface area contributed by atoms with Crippen LogP contribution in [-0.4, -0.2) is 16.1 Å². The Morgan fingerprint density at radius 3 is 2.06 bits per heavy atom. The molecule has 0 fully saturated rings. The number of nitriles is 2. The summed E-state index contributed by atoms with van der Waals surface area (Å²) in [5.74, 6) is 0.232. The van der Waals surface area contributed by atoms with Crippen molar-refractivity contribution in [1.29, 1.82) is 10.5 Å². The average Bonchev–Trinajstić information content (AvgIpc) is 2.72. The molecule has 0 spiro atoms. The molecule has 0 bridgehead atoms. The molecule has 2 aromatic heterocycles. The van der Waals surface area contributed by atoms with E-state index in [1.165, 1.54) is 18.3 Å². The molecule has 0 radical (unpaired) electrons. The predicted octanol–water partition coefficient (Wildman–Crippen LogP) is 4.94. The number of halogens is 3. The monoisotopic (exact) mass is 423 g/mol. The first kappa shape index (κ1) is 21.6. The molecule has 0 aliphatic rings. The van der Waals surface area contributed by atoms with Crippen molar-refractivity contribution in [3.63, 3.8) is 0 Å². The van der Waals surface area contributed by atoms with Gasteiger partial charge in [0.05, 0.1) is 22.9 Å². The first-order chi connectivity index (χ1) is 14.7. The maximum Gasteiger partial charge on any atom is 0.416 e. The zero-order valence-corrected chi connectivity index (χ0v) is 16.5. The van der Waals surface area contributed by atoms with E-state index in [0.717, 1.165) is 12.1 Å². The summed E-state index contributed by atoms with van der Waals surface area (Å²) in [5, 5.41) is 19.4. The standard InChI is InChI=1S/C22H16F3N5O/c1-12(2)31-18-8-5-14(11-29-18)20-16(9-26)19(17(10-27)21(28)30-20)13-3-6-15(7-4-13)22(23,24)25/h3-8,11-12H,1-2H3,(H2,28,30). The third-order valence-electron chi connectivity index (χ3n) is 4.32. The molecule has 0 saturated carbocycles. The van der Waals surface area contributed by atoms with Crippen LogP contribution in [0.2, 0.25) is 0 Å². The smallest absolute Gasteiger partial charge is 0.416 e. The normalized spacial score (nSPS) is 11.1. The SMILES string of the molecule is CC(C)Oc1ccc(-c2nc(N)c(C#N)c(-c3ccc(C(F)(F)F)cc3)c2C#N)cn1. The van der Waals surface area contributed by atoms with Crippen LogP contribution in [0.25, 0.3) is 22.4 Å². The summed E-state index contributed by atoms with van der Waals surface area (Å²) in [6, 6.07) is 11.3. The molecule has 0 aliphatic heterocycles. The fourth-order valence-corrected chi connectivity index (χ4v) is 2.98. The Morgan fingerprint density at radius 2 is 1.58 bits per heavy atom. The Hall–Kier alpha value is -4.11. The molecule has 0 unspecified atom stereocenters. The van der Waals surface area contributed by atoms with Gasteiger partial charge in [-0.25, -0.2) is 9.97 Å². The second-order valence-electron chi connectivity index (χ2n) is 6.82. The Morgan fingerprint density at radius 1 is 0.968 bits per heavy atom. The van der Waals surface area contributed by atoms with Crippen molar-refractivity contribution in [2.45, 2.75) is 26.1 Å². The van der Waals surface area contributed by atoms with Crippen LogP contribution in [0, 0.1) is 22.7 Å². The fraction of sp³-hybridized carbons (Fsp3) is 0.182. The number of benzene rings is 1. The van der Waals surface area contributed by atoms with E-state index >= 15 is 0 Å². The molecular formula is C22H16F3N5O. The number of nitrogens with two attached hydrogens (primary N) is 1. The van der Waals surface area contributed by atoms with E-state index in [0.29, 0.717) is 11.4 Å². The van der Waals surface area contributed by atoms with Gasteiger partial charge in [-0.1, -0.05) is 12.1 Å². The predicted molar refractivity (Wildman–Crippen MR) is 108 cm³/mol. The lowest BCUT2D eigenvalue weighted by Crippen LogP contribution is -2.07. The summed E-state index contributed by atoms with van der Waals surface area (Å²) in [7, 11) is 0. The number of anilines is 1. The Bertz CT molecular complexity index is 1190. The molecule has 2 N–H and O–H groups in total. The van der Waals surface area contributed by atoms with Gasteiger partial charge in [-0.3, -0.25) is 0 Å². The minimum atomic E-state index is -4.51. The van der Waals surface area contributed by atoms with Crippen LogP contribution in [0.5, 0.6) is 5.88 Å². The highest BCUT2D eigenvalue weighted by atomic mass is 19.4. The van der Waals surface area contributed by atoms with E-state index in [-0.39, 0.29) is 39.9 Å². The summed E-state index contributed by atoms with van der Waals surface area (Å²) in [5.41, 5.74) is 5.99. The zero-order valence-electron chi connectivity index (χ0n) is 16.5. The van der Waals surface area contributed by atoms with Gasteiger partial charge >= 0.3 is 6.18 Å². The largest absolute Gasteiger partial charge is 0.475 e. The molecule has 31 heavy (non-hydrogen) atoms. The van der Waals surface area contributed by atoms with Gasteiger partial charge in [0.25, 0.3) is 0 Å². The molecule has 0 amide bonds. The van der Waals surface area contributed by atoms with Crippen LogP contribution in [0.15, 0.2) is 42.6 Å². The van der Waals surface area contributed by atoms with E-state index in [2.05, 4.69) is 9.97 Å². The summed E-state index contributed by atoms with van der Waals surface area (Å²) in [4.78, 5) is 8.37. The molecule has 0 aliphatic carbocycles. The molecule has 3 rings (SSSR count). The van der Waals surface area contributed by atoms with Crippen LogP contribution in [0.1, 0.15) is 30.5 Å². The lowest BCUT2D eigenvalue weighted by Gasteiger charge is -2.15. The van der Waals surface area contributed by atoms with Gasteiger partial charge in [0.1, 0.15) is 23.5 Å². The van der Waals surface area contributed by atoms with Crippen molar-refractivity contribution in [1.82, 2.24) is 9.97 Å². The van der Waals surface area contributed by atoms with Gasteiger partial charge in [-0.15, -0.1) is 0 Å². The highest BCUT2D eigenvalue weighted by Crippen LogP contribution is 2.37. The summed E-state index contributed by atoms with van der Waals surface area (Å²) in [6.07, 6.45) is -3.14. The molecule has 1 aromatic carbocycles. The summed E-state index contributed by atoms with van der Waals surface area (Å²) in [6.45, 7) is 3.70. The van der Waals surface area contributed by atoms with Crippen LogP contribution >= 0.6 is 0 Å². The van der Waals surface area contributed by atoms with Gasteiger partial charge in [0.2, 0.25) is 5.88 Å². The van der Waals surface area contributed by atoms with E-state index in [4.69, 9.17) is 10.5 Å². The number of pyridine rings is 2. The Kier molecular flexibility index (Phi) is 5.80. The van der Waals surface area contributed by atoms with Crippen LogP contribution in [-0.2, 0) is 6.18 Å². The van der Waals surface area contributed by atoms with E-state index in [1.807, 2.05) is 26.0 Å². The number of hydrogen-bond donors (Lipinski definition) is 1. The number of hydrogen-bond acceptors (Lipinski definition) is 6. The number of alkyl halides is 3. The number of nitrogens with zero attached hydrogens (tertiary/aromatic N) is 4. The number of ether oxygens (including phenoxy) is 1. The van der Waals surface area contributed by atoms with Crippen molar-refractivity contribution in [3.8, 4) is 40.4 Å². The number of aromatic nitrogens is 2. The van der Waals surface area contributed by atoms with Gasteiger partial charge in [0, 0.05) is 23.4 Å². The third kappa shape index (κ3) is 4.41. The van der Waals surface area contributed by atoms with Gasteiger partial charge in [-0.2, -0.15) is 23.7 Å². The lowest BCUT2D eigenvalue weighted by atomic mass is 9.92. The second-order valence-corrected chi connectivity index (χ2v) is 6.82. The highest BCUT2D eigenvalue weighted by molar-refractivity contribution is 5.87. The topological polar surface area (TPSA) is 109 Å². The molecule has 9 heteroatoms. The quantitative estimate of drug-likeness (QED) is 0.637. The molecule has 0 saturated heterocycles. The maximum absolute atomic E-state index is 12.9. The van der Waals surface area contributed by atoms with Gasteiger partial charge in [-0.05, 0) is 37.6 Å². The van der Waals surface area contributed by atoms with Gasteiger partial charge in [0.15, 0.2) is 0 Å². The van der Waals surface area contributed by atoms with Crippen molar-refractivity contribution in [3.05, 3.63) is 59.3 Å². The first-order valence-corrected chi connectivity index (χ1v) is 9.10. The second kappa shape index (κ2) is 8.33. The maximum atomic E-state index is 12.9. The first-order valence-electron chi connectivity index (χ1n) is 9.10. The number of nitrogen functional groups attached to an aromatic ring is 1. The minimum absolute atomic E-state index is 0.00448. The zero-order chi connectivity index (χ0) is 22.8. The third-order valence-corrected chi connectivity index (χ3v) is 4.32. The lowest BCUT2D eigenvalue weighted by molar-refractivity contribution is -0.137. The summed E-state index contributed by atoms with van der Waals surface area (Å²) < 4.78 is 44.3. The fourth-order valence-electron chi connectivity index (χ4n) is 2.98. The summed E-state index contributed by atoms with van der Waals surface area (Å²) >= 11 is 0. The molecule has 3 aromatic rings. The van der Waals surface area contributed by atoms with Crippen LogP contribution in [0.3, 0.4) is 0 Å². The van der Waals surface area contributed by atoms with Gasteiger partial charge < -0.3 is 10.5 Å². The van der Waals surface area contributed by atoms with E-state index < -0.39 is 11.7 Å². The molecule has 156 valence electrons. The number of rotatable bonds is 4. The van der Waals surface area contributed by atoms with Crippen molar-refractivity contribution in [2.24, 2.45) is 0 Å². The molecular weight excluding hydrogens is 407 g/mol. The van der Waals surface area contributed by atoms with Crippen LogP contribution < -0.4 is 10.5 Å². The van der Waals surface area contributed by atoms with Crippen molar-refractivity contribution in [2.75, 3.05) is 5.73 Å². The minimum Gasteiger partial charge on any atom is -0.475 e. The van der Waals surface area contributed by atoms with E-state index in [1.54, 1.807) is 12.1 Å².